The van der Waals surface area contributed by atoms with E-state index in [0.29, 0.717) is 12.4 Å². The van der Waals surface area contributed by atoms with Crippen LogP contribution in [-0.4, -0.2) is 41.1 Å². The molecule has 1 unspecified atom stereocenters. The molecule has 1 aliphatic heterocycles. The predicted octanol–water partition coefficient (Wildman–Crippen LogP) is 0.00220. The molecule has 1 saturated heterocycles. The highest BCUT2D eigenvalue weighted by Gasteiger charge is 2.19. The molecule has 0 radical (unpaired) electrons. The molecule has 0 amide bonds. The molecule has 0 saturated carbocycles. The minimum absolute atomic E-state index is 0.600. The summed E-state index contributed by atoms with van der Waals surface area (Å²) in [6.45, 7) is 2.59. The minimum atomic E-state index is -0.770. The normalized spacial score (nSPS) is 22.1. The van der Waals surface area contributed by atoms with Crippen LogP contribution in [0.4, 0.5) is 0 Å². The fourth-order valence-corrected chi connectivity index (χ4v) is 2.01. The van der Waals surface area contributed by atoms with E-state index in [-0.39, 0.29) is 0 Å². The maximum atomic E-state index is 11.1. The Morgan fingerprint density at radius 1 is 1.60 bits per heavy atom. The standard InChI is InChI=1S/C6H13NO2S/c1-9-5-6-10(8)7-3-2-4-7/h2-6H2,1H3. The summed E-state index contributed by atoms with van der Waals surface area (Å²) >= 11 is 0. The zero-order valence-electron chi connectivity index (χ0n) is 6.21. The topological polar surface area (TPSA) is 29.5 Å². The lowest BCUT2D eigenvalue weighted by Crippen LogP contribution is -2.40. The summed E-state index contributed by atoms with van der Waals surface area (Å²) in [4.78, 5) is 0. The fraction of sp³-hybridized carbons (Fsp3) is 1.00. The van der Waals surface area contributed by atoms with Gasteiger partial charge in [-0.3, -0.25) is 0 Å². The van der Waals surface area contributed by atoms with E-state index in [1.54, 1.807) is 7.11 Å². The Morgan fingerprint density at radius 2 is 2.30 bits per heavy atom. The van der Waals surface area contributed by atoms with Crippen LogP contribution in [0, 0.1) is 0 Å². The van der Waals surface area contributed by atoms with Gasteiger partial charge in [-0.2, -0.15) is 0 Å². The molecule has 60 valence electrons. The molecule has 0 aliphatic carbocycles. The van der Waals surface area contributed by atoms with Crippen molar-refractivity contribution in [3.63, 3.8) is 0 Å². The van der Waals surface area contributed by atoms with Crippen LogP contribution in [0.3, 0.4) is 0 Å². The molecule has 1 fully saturated rings. The molecule has 0 aromatic heterocycles. The number of ether oxygens (including phenoxy) is 1. The fourth-order valence-electron chi connectivity index (χ4n) is 0.775. The maximum Gasteiger partial charge on any atom is 0.0966 e. The van der Waals surface area contributed by atoms with Crippen LogP contribution >= 0.6 is 0 Å². The summed E-state index contributed by atoms with van der Waals surface area (Å²) in [5, 5.41) is 0. The first-order valence-corrected chi connectivity index (χ1v) is 4.74. The van der Waals surface area contributed by atoms with Gasteiger partial charge in [0.1, 0.15) is 0 Å². The Labute approximate surface area is 63.9 Å². The van der Waals surface area contributed by atoms with Crippen molar-refractivity contribution >= 4 is 11.0 Å². The molecular formula is C6H13NO2S. The lowest BCUT2D eigenvalue weighted by atomic mass is 10.3. The highest BCUT2D eigenvalue weighted by Crippen LogP contribution is 2.08. The Morgan fingerprint density at radius 3 is 2.70 bits per heavy atom. The zero-order chi connectivity index (χ0) is 7.40. The van der Waals surface area contributed by atoms with E-state index < -0.39 is 11.0 Å². The predicted molar refractivity (Wildman–Crippen MR) is 41.1 cm³/mol. The van der Waals surface area contributed by atoms with Crippen molar-refractivity contribution in [1.29, 1.82) is 0 Å². The van der Waals surface area contributed by atoms with Crippen LogP contribution in [0.15, 0.2) is 0 Å². The highest BCUT2D eigenvalue weighted by molar-refractivity contribution is 7.82. The van der Waals surface area contributed by atoms with Gasteiger partial charge < -0.3 is 4.74 Å². The van der Waals surface area contributed by atoms with Crippen molar-refractivity contribution in [3.8, 4) is 0 Å². The molecule has 1 heterocycles. The minimum Gasteiger partial charge on any atom is -0.384 e. The largest absolute Gasteiger partial charge is 0.384 e. The third-order valence-corrected chi connectivity index (χ3v) is 3.02. The first-order valence-electron chi connectivity index (χ1n) is 3.47. The van der Waals surface area contributed by atoms with Gasteiger partial charge in [0, 0.05) is 20.2 Å². The zero-order valence-corrected chi connectivity index (χ0v) is 7.02. The molecule has 1 atom stereocenters. The van der Waals surface area contributed by atoms with Crippen LogP contribution in [-0.2, 0) is 15.7 Å². The summed E-state index contributed by atoms with van der Waals surface area (Å²) in [6, 6.07) is 0. The number of rotatable bonds is 4. The summed E-state index contributed by atoms with van der Waals surface area (Å²) in [6.07, 6.45) is 1.19. The van der Waals surface area contributed by atoms with E-state index in [1.807, 2.05) is 4.31 Å². The SMILES string of the molecule is COCCS(=O)N1CCC1. The van der Waals surface area contributed by atoms with Crippen molar-refractivity contribution in [2.75, 3.05) is 32.6 Å². The van der Waals surface area contributed by atoms with Crippen LogP contribution in [0.1, 0.15) is 6.42 Å². The third kappa shape index (κ3) is 2.04. The van der Waals surface area contributed by atoms with Crippen LogP contribution < -0.4 is 0 Å². The van der Waals surface area contributed by atoms with Crippen molar-refractivity contribution < 1.29 is 8.95 Å². The lowest BCUT2D eigenvalue weighted by Gasteiger charge is -2.28. The van der Waals surface area contributed by atoms with Crippen molar-refractivity contribution in [2.45, 2.75) is 6.42 Å². The molecule has 0 aromatic carbocycles. The van der Waals surface area contributed by atoms with Gasteiger partial charge in [-0.1, -0.05) is 0 Å². The number of hydrogen-bond acceptors (Lipinski definition) is 2. The van der Waals surface area contributed by atoms with E-state index in [0.717, 1.165) is 13.1 Å². The molecule has 10 heavy (non-hydrogen) atoms. The van der Waals surface area contributed by atoms with Crippen molar-refractivity contribution in [2.24, 2.45) is 0 Å². The van der Waals surface area contributed by atoms with Gasteiger partial charge in [0.15, 0.2) is 0 Å². The first kappa shape index (κ1) is 8.17. The summed E-state index contributed by atoms with van der Waals surface area (Å²) in [5.74, 6) is 0.649. The molecule has 1 aliphatic rings. The number of nitrogens with zero attached hydrogens (tertiary/aromatic N) is 1. The van der Waals surface area contributed by atoms with Gasteiger partial charge in [-0.25, -0.2) is 8.51 Å². The second kappa shape index (κ2) is 4.05. The Balaban J connectivity index is 2.08. The quantitative estimate of drug-likeness (QED) is 0.584. The molecular weight excluding hydrogens is 150 g/mol. The van der Waals surface area contributed by atoms with Crippen LogP contribution in [0.25, 0.3) is 0 Å². The summed E-state index contributed by atoms with van der Waals surface area (Å²) in [7, 11) is 0.863. The van der Waals surface area contributed by atoms with Gasteiger partial charge in [0.25, 0.3) is 0 Å². The van der Waals surface area contributed by atoms with E-state index in [2.05, 4.69) is 0 Å². The molecule has 0 bridgehead atoms. The first-order chi connectivity index (χ1) is 4.84. The second-order valence-electron chi connectivity index (χ2n) is 2.30. The van der Waals surface area contributed by atoms with Gasteiger partial charge in [-0.15, -0.1) is 0 Å². The van der Waals surface area contributed by atoms with Crippen molar-refractivity contribution in [1.82, 2.24) is 4.31 Å². The second-order valence-corrected chi connectivity index (χ2v) is 3.87. The van der Waals surface area contributed by atoms with Crippen molar-refractivity contribution in [3.05, 3.63) is 0 Å². The van der Waals surface area contributed by atoms with E-state index in [1.165, 1.54) is 6.42 Å². The average Bonchev–Trinajstić information content (AvgIpc) is 1.79. The summed E-state index contributed by atoms with van der Waals surface area (Å²) < 4.78 is 17.9. The summed E-state index contributed by atoms with van der Waals surface area (Å²) in [5.41, 5.74) is 0. The molecule has 0 spiro atoms. The molecule has 1 rings (SSSR count). The Bertz CT molecular complexity index is 125. The Hall–Kier alpha value is 0.0700. The monoisotopic (exact) mass is 163 g/mol. The number of methoxy groups -OCH3 is 1. The Kier molecular flexibility index (Phi) is 3.31. The van der Waals surface area contributed by atoms with E-state index in [4.69, 9.17) is 4.74 Å². The molecule has 3 nitrogen and oxygen atoms in total. The smallest absolute Gasteiger partial charge is 0.0966 e. The van der Waals surface area contributed by atoms with Gasteiger partial charge in [0.05, 0.1) is 23.3 Å². The number of hydrogen-bond donors (Lipinski definition) is 0. The van der Waals surface area contributed by atoms with Crippen LogP contribution in [0.5, 0.6) is 0 Å². The molecule has 4 heteroatoms. The third-order valence-electron chi connectivity index (χ3n) is 1.57. The van der Waals surface area contributed by atoms with Gasteiger partial charge in [0.2, 0.25) is 0 Å². The van der Waals surface area contributed by atoms with E-state index in [9.17, 15) is 4.21 Å². The van der Waals surface area contributed by atoms with E-state index >= 15 is 0 Å². The van der Waals surface area contributed by atoms with Gasteiger partial charge >= 0.3 is 0 Å². The van der Waals surface area contributed by atoms with Gasteiger partial charge in [-0.05, 0) is 6.42 Å². The highest BCUT2D eigenvalue weighted by atomic mass is 32.2. The lowest BCUT2D eigenvalue weighted by molar-refractivity contribution is 0.215. The maximum absolute atomic E-state index is 11.1. The average molecular weight is 163 g/mol. The van der Waals surface area contributed by atoms with Crippen LogP contribution in [0.2, 0.25) is 0 Å². The molecule has 0 aromatic rings. The molecule has 0 N–H and O–H groups in total.